The second-order valence-corrected chi connectivity index (χ2v) is 7.58. The second kappa shape index (κ2) is 7.75. The predicted octanol–water partition coefficient (Wildman–Crippen LogP) is 1.75. The number of hydrogen-bond donors (Lipinski definition) is 0. The van der Waals surface area contributed by atoms with Gasteiger partial charge in [0.1, 0.15) is 5.82 Å². The van der Waals surface area contributed by atoms with Gasteiger partial charge in [-0.25, -0.2) is 14.5 Å². The Balaban J connectivity index is 1.47. The Labute approximate surface area is 168 Å². The molecule has 0 aliphatic carbocycles. The van der Waals surface area contributed by atoms with Crippen LogP contribution in [0.3, 0.4) is 0 Å². The van der Waals surface area contributed by atoms with E-state index in [4.69, 9.17) is 0 Å². The smallest absolute Gasteiger partial charge is 0.253 e. The number of aryl methyl sites for hydroxylation is 2. The van der Waals surface area contributed by atoms with Crippen LogP contribution in [-0.4, -0.2) is 67.8 Å². The number of anilines is 1. The molecule has 3 aromatic heterocycles. The zero-order chi connectivity index (χ0) is 19.7. The molecule has 1 aliphatic rings. The van der Waals surface area contributed by atoms with Crippen molar-refractivity contribution in [2.45, 2.75) is 25.4 Å². The van der Waals surface area contributed by atoms with E-state index in [0.29, 0.717) is 30.4 Å². The molecule has 1 saturated heterocycles. The van der Waals surface area contributed by atoms with Crippen molar-refractivity contribution in [3.8, 4) is 0 Å². The standard InChI is InChI=1S/C19H23N7OS/c1-13-15(14(2)26-18(21-13)22-19(23-26)28-3)12-17(27)25-10-8-24(9-11-25)16-6-4-5-7-20-16/h4-7H,8-12H2,1-3H3. The van der Waals surface area contributed by atoms with Crippen LogP contribution in [0, 0.1) is 13.8 Å². The zero-order valence-electron chi connectivity index (χ0n) is 16.3. The third-order valence-electron chi connectivity index (χ3n) is 5.15. The van der Waals surface area contributed by atoms with Gasteiger partial charge in [0, 0.05) is 49.3 Å². The summed E-state index contributed by atoms with van der Waals surface area (Å²) in [4.78, 5) is 30.4. The highest BCUT2D eigenvalue weighted by Gasteiger charge is 2.24. The van der Waals surface area contributed by atoms with E-state index in [1.807, 2.05) is 43.2 Å². The second-order valence-electron chi connectivity index (χ2n) is 6.80. The summed E-state index contributed by atoms with van der Waals surface area (Å²) in [6, 6.07) is 5.91. The Bertz CT molecular complexity index is 996. The molecule has 146 valence electrons. The van der Waals surface area contributed by atoms with Crippen molar-refractivity contribution in [1.82, 2.24) is 29.5 Å². The lowest BCUT2D eigenvalue weighted by atomic mass is 10.1. The lowest BCUT2D eigenvalue weighted by Crippen LogP contribution is -2.49. The molecule has 0 radical (unpaired) electrons. The van der Waals surface area contributed by atoms with E-state index in [2.05, 4.69) is 25.0 Å². The number of carbonyl (C=O) groups is 1. The quantitative estimate of drug-likeness (QED) is 0.621. The van der Waals surface area contributed by atoms with Gasteiger partial charge in [-0.15, -0.1) is 5.10 Å². The summed E-state index contributed by atoms with van der Waals surface area (Å²) >= 11 is 1.48. The summed E-state index contributed by atoms with van der Waals surface area (Å²) in [7, 11) is 0. The maximum atomic E-state index is 12.9. The van der Waals surface area contributed by atoms with Gasteiger partial charge in [0.25, 0.3) is 5.78 Å². The summed E-state index contributed by atoms with van der Waals surface area (Å²) in [6.07, 6.45) is 4.07. The number of amides is 1. The number of nitrogens with zero attached hydrogens (tertiary/aromatic N) is 7. The first-order valence-corrected chi connectivity index (χ1v) is 10.5. The van der Waals surface area contributed by atoms with Gasteiger partial charge < -0.3 is 9.80 Å². The van der Waals surface area contributed by atoms with E-state index in [9.17, 15) is 4.79 Å². The van der Waals surface area contributed by atoms with E-state index in [0.717, 1.165) is 35.9 Å². The molecule has 1 aliphatic heterocycles. The van der Waals surface area contributed by atoms with E-state index >= 15 is 0 Å². The van der Waals surface area contributed by atoms with Crippen molar-refractivity contribution in [1.29, 1.82) is 0 Å². The molecule has 28 heavy (non-hydrogen) atoms. The van der Waals surface area contributed by atoms with Crippen LogP contribution in [0.5, 0.6) is 0 Å². The molecule has 0 bridgehead atoms. The lowest BCUT2D eigenvalue weighted by molar-refractivity contribution is -0.130. The van der Waals surface area contributed by atoms with Crippen LogP contribution in [0.4, 0.5) is 5.82 Å². The molecule has 0 aromatic carbocycles. The van der Waals surface area contributed by atoms with Crippen LogP contribution in [-0.2, 0) is 11.2 Å². The first-order chi connectivity index (χ1) is 13.6. The summed E-state index contributed by atoms with van der Waals surface area (Å²) in [5, 5.41) is 5.15. The van der Waals surface area contributed by atoms with E-state index in [1.54, 1.807) is 10.7 Å². The number of hydrogen-bond acceptors (Lipinski definition) is 7. The fourth-order valence-electron chi connectivity index (χ4n) is 3.52. The number of rotatable bonds is 4. The molecule has 1 amide bonds. The number of aromatic nitrogens is 5. The largest absolute Gasteiger partial charge is 0.353 e. The molecule has 0 spiro atoms. The van der Waals surface area contributed by atoms with E-state index < -0.39 is 0 Å². The summed E-state index contributed by atoms with van der Waals surface area (Å²) < 4.78 is 1.74. The van der Waals surface area contributed by atoms with Crippen LogP contribution in [0.2, 0.25) is 0 Å². The van der Waals surface area contributed by atoms with Crippen LogP contribution < -0.4 is 4.90 Å². The Morgan fingerprint density at radius 3 is 2.61 bits per heavy atom. The van der Waals surface area contributed by atoms with Crippen molar-refractivity contribution in [2.24, 2.45) is 0 Å². The maximum absolute atomic E-state index is 12.9. The minimum absolute atomic E-state index is 0.123. The minimum atomic E-state index is 0.123. The van der Waals surface area contributed by atoms with Crippen molar-refractivity contribution in [3.63, 3.8) is 0 Å². The Hall–Kier alpha value is -2.68. The van der Waals surface area contributed by atoms with Crippen LogP contribution in [0.25, 0.3) is 5.78 Å². The average molecular weight is 398 g/mol. The normalized spacial score (nSPS) is 14.7. The van der Waals surface area contributed by atoms with Gasteiger partial charge in [-0.2, -0.15) is 4.98 Å². The first-order valence-electron chi connectivity index (χ1n) is 9.27. The molecule has 4 heterocycles. The lowest BCUT2D eigenvalue weighted by Gasteiger charge is -2.35. The molecule has 0 saturated carbocycles. The molecule has 3 aromatic rings. The van der Waals surface area contributed by atoms with Gasteiger partial charge in [-0.1, -0.05) is 17.8 Å². The summed E-state index contributed by atoms with van der Waals surface area (Å²) in [6.45, 7) is 6.88. The Kier molecular flexibility index (Phi) is 5.17. The van der Waals surface area contributed by atoms with Crippen LogP contribution in [0.15, 0.2) is 29.6 Å². The molecule has 4 rings (SSSR count). The summed E-state index contributed by atoms with van der Waals surface area (Å²) in [5.41, 5.74) is 2.70. The number of piperazine rings is 1. The molecular weight excluding hydrogens is 374 g/mol. The fraction of sp³-hybridized carbons (Fsp3) is 0.421. The van der Waals surface area contributed by atoms with Crippen molar-refractivity contribution < 1.29 is 4.79 Å². The molecule has 9 heteroatoms. The maximum Gasteiger partial charge on any atom is 0.253 e. The number of thioether (sulfide) groups is 1. The number of fused-ring (bicyclic) bond motifs is 1. The van der Waals surface area contributed by atoms with Gasteiger partial charge in [-0.3, -0.25) is 4.79 Å². The Morgan fingerprint density at radius 1 is 1.14 bits per heavy atom. The highest BCUT2D eigenvalue weighted by molar-refractivity contribution is 7.98. The Morgan fingerprint density at radius 2 is 1.93 bits per heavy atom. The predicted molar refractivity (Wildman–Crippen MR) is 109 cm³/mol. The highest BCUT2D eigenvalue weighted by atomic mass is 32.2. The zero-order valence-corrected chi connectivity index (χ0v) is 17.1. The third kappa shape index (κ3) is 3.54. The summed E-state index contributed by atoms with van der Waals surface area (Å²) in [5.74, 6) is 1.67. The number of carbonyl (C=O) groups excluding carboxylic acids is 1. The van der Waals surface area contributed by atoms with Gasteiger partial charge in [0.2, 0.25) is 11.1 Å². The fourth-order valence-corrected chi connectivity index (χ4v) is 3.86. The molecule has 0 unspecified atom stereocenters. The van der Waals surface area contributed by atoms with Gasteiger partial charge >= 0.3 is 0 Å². The number of pyridine rings is 1. The monoisotopic (exact) mass is 397 g/mol. The van der Waals surface area contributed by atoms with Gasteiger partial charge in [-0.05, 0) is 32.2 Å². The topological polar surface area (TPSA) is 79.5 Å². The van der Waals surface area contributed by atoms with Crippen molar-refractivity contribution in [3.05, 3.63) is 41.3 Å². The minimum Gasteiger partial charge on any atom is -0.353 e. The van der Waals surface area contributed by atoms with Crippen LogP contribution >= 0.6 is 11.8 Å². The molecule has 1 fully saturated rings. The van der Waals surface area contributed by atoms with Crippen LogP contribution in [0.1, 0.15) is 17.0 Å². The van der Waals surface area contributed by atoms with Gasteiger partial charge in [0.15, 0.2) is 0 Å². The molecular formula is C19H23N7OS. The average Bonchev–Trinajstić information content (AvgIpc) is 3.15. The van der Waals surface area contributed by atoms with Gasteiger partial charge in [0.05, 0.1) is 6.42 Å². The molecule has 0 atom stereocenters. The first kappa shape index (κ1) is 18.7. The molecule has 0 N–H and O–H groups in total. The van der Waals surface area contributed by atoms with Crippen molar-refractivity contribution in [2.75, 3.05) is 37.3 Å². The highest BCUT2D eigenvalue weighted by Crippen LogP contribution is 2.19. The van der Waals surface area contributed by atoms with Crippen molar-refractivity contribution >= 4 is 29.3 Å². The molecule has 8 nitrogen and oxygen atoms in total. The van der Waals surface area contributed by atoms with E-state index in [1.165, 1.54) is 11.8 Å². The SMILES string of the molecule is CSc1nc2nc(C)c(CC(=O)N3CCN(c4ccccn4)CC3)c(C)n2n1. The third-order valence-corrected chi connectivity index (χ3v) is 5.68. The van der Waals surface area contributed by atoms with E-state index in [-0.39, 0.29) is 5.91 Å².